The van der Waals surface area contributed by atoms with Crippen LogP contribution < -0.4 is 9.47 Å². The first-order chi connectivity index (χ1) is 20.8. The topological polar surface area (TPSA) is 123 Å². The SMILES string of the molecule is CC(C)=CCC/C(C)=C/COc1cc(C(=O)O)ccc1O.CCOC(=O)c1ccc(O)c(OC/C=C(\C)CCC=C(C)C)c1. The number of phenols is 2. The van der Waals surface area contributed by atoms with E-state index < -0.39 is 11.9 Å². The third-order valence-corrected chi connectivity index (χ3v) is 6.20. The molecule has 0 radical (unpaired) electrons. The zero-order valence-corrected chi connectivity index (χ0v) is 27.1. The fraction of sp³-hybridized carbons (Fsp3) is 0.389. The van der Waals surface area contributed by atoms with E-state index >= 15 is 0 Å². The number of rotatable bonds is 15. The number of aromatic hydroxyl groups is 2. The fourth-order valence-electron chi connectivity index (χ4n) is 3.66. The Bertz CT molecular complexity index is 1340. The molecular weight excluding hydrogens is 560 g/mol. The minimum Gasteiger partial charge on any atom is -0.504 e. The number of ether oxygens (including phenoxy) is 3. The molecule has 0 aliphatic rings. The highest BCUT2D eigenvalue weighted by atomic mass is 16.5. The molecule has 0 spiro atoms. The van der Waals surface area contributed by atoms with Crippen LogP contribution in [0.1, 0.15) is 94.9 Å². The molecule has 0 unspecified atom stereocenters. The predicted molar refractivity (Wildman–Crippen MR) is 175 cm³/mol. The van der Waals surface area contributed by atoms with E-state index in [1.807, 2.05) is 19.1 Å². The number of carbonyl (C=O) groups excluding carboxylic acids is 1. The average Bonchev–Trinajstić information content (AvgIpc) is 2.95. The van der Waals surface area contributed by atoms with Gasteiger partial charge in [-0.25, -0.2) is 9.59 Å². The number of phenolic OH excluding ortho intramolecular Hbond substituents is 2. The molecule has 0 atom stereocenters. The van der Waals surface area contributed by atoms with Crippen molar-refractivity contribution in [2.24, 2.45) is 0 Å². The van der Waals surface area contributed by atoms with E-state index in [1.54, 1.807) is 6.92 Å². The van der Waals surface area contributed by atoms with E-state index in [0.29, 0.717) is 25.4 Å². The Balaban J connectivity index is 0.000000442. The van der Waals surface area contributed by atoms with Crippen molar-refractivity contribution >= 4 is 11.9 Å². The lowest BCUT2D eigenvalue weighted by molar-refractivity contribution is 0.0525. The minimum atomic E-state index is -1.05. The van der Waals surface area contributed by atoms with Crippen molar-refractivity contribution in [1.82, 2.24) is 0 Å². The van der Waals surface area contributed by atoms with Gasteiger partial charge in [-0.1, -0.05) is 34.4 Å². The highest BCUT2D eigenvalue weighted by molar-refractivity contribution is 5.90. The van der Waals surface area contributed by atoms with Crippen LogP contribution in [0.5, 0.6) is 23.0 Å². The standard InChI is InChI=1S/C19H26O4.C17H22O4/c1-5-22-19(21)16-9-10-17(20)18(13-16)23-12-11-15(4)8-6-7-14(2)3;1-12(2)5-4-6-13(3)9-10-21-16-11-14(17(19)20)7-8-15(16)18/h7,9-11,13,20H,5-6,8,12H2,1-4H3;5,7-9,11,18H,4,6,10H2,1-3H3,(H,19,20)/b15-11+;13-9+. The average molecular weight is 609 g/mol. The third-order valence-electron chi connectivity index (χ3n) is 6.20. The largest absolute Gasteiger partial charge is 0.504 e. The Kier molecular flexibility index (Phi) is 17.5. The molecule has 8 nitrogen and oxygen atoms in total. The monoisotopic (exact) mass is 608 g/mol. The second-order valence-corrected chi connectivity index (χ2v) is 10.8. The number of aromatic carboxylic acids is 1. The molecule has 240 valence electrons. The van der Waals surface area contributed by atoms with Crippen LogP contribution in [0.15, 0.2) is 83.0 Å². The summed E-state index contributed by atoms with van der Waals surface area (Å²) in [5.41, 5.74) is 5.49. The first-order valence-electron chi connectivity index (χ1n) is 14.7. The number of carbonyl (C=O) groups is 2. The molecule has 0 fully saturated rings. The summed E-state index contributed by atoms with van der Waals surface area (Å²) in [4.78, 5) is 22.6. The van der Waals surface area contributed by atoms with Crippen LogP contribution in [0.3, 0.4) is 0 Å². The summed E-state index contributed by atoms with van der Waals surface area (Å²) in [5, 5.41) is 28.3. The third kappa shape index (κ3) is 15.7. The van der Waals surface area contributed by atoms with Crippen molar-refractivity contribution in [3.63, 3.8) is 0 Å². The van der Waals surface area contributed by atoms with Crippen LogP contribution in [-0.2, 0) is 4.74 Å². The van der Waals surface area contributed by atoms with Gasteiger partial charge in [-0.15, -0.1) is 0 Å². The van der Waals surface area contributed by atoms with Crippen LogP contribution >= 0.6 is 0 Å². The first-order valence-corrected chi connectivity index (χ1v) is 14.7. The van der Waals surface area contributed by atoms with E-state index in [0.717, 1.165) is 25.7 Å². The van der Waals surface area contributed by atoms with Gasteiger partial charge in [-0.05, 0) is 123 Å². The lowest BCUT2D eigenvalue weighted by Crippen LogP contribution is -2.05. The molecule has 0 saturated heterocycles. The molecule has 0 amide bonds. The van der Waals surface area contributed by atoms with Gasteiger partial charge in [-0.3, -0.25) is 0 Å². The fourth-order valence-corrected chi connectivity index (χ4v) is 3.66. The first kappa shape index (κ1) is 37.6. The molecule has 44 heavy (non-hydrogen) atoms. The van der Waals surface area contributed by atoms with Gasteiger partial charge in [-0.2, -0.15) is 0 Å². The zero-order chi connectivity index (χ0) is 33.1. The minimum absolute atomic E-state index is 0.00800. The number of benzene rings is 2. The van der Waals surface area contributed by atoms with Crippen molar-refractivity contribution in [2.75, 3.05) is 19.8 Å². The molecule has 0 heterocycles. The predicted octanol–water partition coefficient (Wildman–Crippen LogP) is 8.80. The van der Waals surface area contributed by atoms with Crippen LogP contribution in [-0.4, -0.2) is 47.1 Å². The van der Waals surface area contributed by atoms with Crippen molar-refractivity contribution in [3.8, 4) is 23.0 Å². The van der Waals surface area contributed by atoms with E-state index in [1.165, 1.54) is 58.7 Å². The van der Waals surface area contributed by atoms with E-state index in [2.05, 4.69) is 46.8 Å². The second-order valence-electron chi connectivity index (χ2n) is 10.8. The summed E-state index contributed by atoms with van der Waals surface area (Å²) in [6, 6.07) is 8.44. The number of esters is 1. The van der Waals surface area contributed by atoms with Gasteiger partial charge in [0.1, 0.15) is 13.2 Å². The van der Waals surface area contributed by atoms with E-state index in [-0.39, 0.29) is 28.6 Å². The molecule has 2 rings (SSSR count). The number of allylic oxidation sites excluding steroid dienone is 6. The molecule has 8 heteroatoms. The molecule has 0 aliphatic carbocycles. The summed E-state index contributed by atoms with van der Waals surface area (Å²) in [7, 11) is 0. The number of hydrogen-bond acceptors (Lipinski definition) is 7. The van der Waals surface area contributed by atoms with Gasteiger partial charge in [0.15, 0.2) is 23.0 Å². The van der Waals surface area contributed by atoms with Gasteiger partial charge in [0, 0.05) is 0 Å². The summed E-state index contributed by atoms with van der Waals surface area (Å²) in [5.74, 6) is -1.06. The van der Waals surface area contributed by atoms with Crippen molar-refractivity contribution in [3.05, 3.63) is 94.1 Å². The van der Waals surface area contributed by atoms with E-state index in [9.17, 15) is 19.8 Å². The van der Waals surface area contributed by atoms with Crippen LogP contribution in [0, 0.1) is 0 Å². The molecule has 0 saturated carbocycles. The lowest BCUT2D eigenvalue weighted by atomic mass is 10.1. The molecule has 2 aromatic carbocycles. The highest BCUT2D eigenvalue weighted by Gasteiger charge is 2.11. The summed E-state index contributed by atoms with van der Waals surface area (Å²) < 4.78 is 15.9. The Morgan fingerprint density at radius 2 is 1.11 bits per heavy atom. The number of carboxylic acids is 1. The maximum atomic E-state index is 11.7. The number of hydrogen-bond donors (Lipinski definition) is 3. The quantitative estimate of drug-likeness (QED) is 0.135. The van der Waals surface area contributed by atoms with Crippen LogP contribution in [0.2, 0.25) is 0 Å². The zero-order valence-electron chi connectivity index (χ0n) is 27.1. The molecule has 0 aromatic heterocycles. The molecule has 0 bridgehead atoms. The van der Waals surface area contributed by atoms with Gasteiger partial charge < -0.3 is 29.5 Å². The second kappa shape index (κ2) is 20.4. The van der Waals surface area contributed by atoms with Crippen molar-refractivity contribution in [2.45, 2.75) is 74.1 Å². The van der Waals surface area contributed by atoms with Gasteiger partial charge in [0.05, 0.1) is 17.7 Å². The maximum Gasteiger partial charge on any atom is 0.338 e. The lowest BCUT2D eigenvalue weighted by Gasteiger charge is -2.09. The molecule has 2 aromatic rings. The molecule has 3 N–H and O–H groups in total. The van der Waals surface area contributed by atoms with Gasteiger partial charge in [0.25, 0.3) is 0 Å². The molecular formula is C36H48O8. The summed E-state index contributed by atoms with van der Waals surface area (Å²) >= 11 is 0. The molecule has 0 aliphatic heterocycles. The highest BCUT2D eigenvalue weighted by Crippen LogP contribution is 2.28. The Hall–Kier alpha value is -4.46. The van der Waals surface area contributed by atoms with Crippen LogP contribution in [0.4, 0.5) is 0 Å². The van der Waals surface area contributed by atoms with E-state index in [4.69, 9.17) is 19.3 Å². The van der Waals surface area contributed by atoms with Crippen molar-refractivity contribution in [1.29, 1.82) is 0 Å². The Morgan fingerprint density at radius 3 is 1.52 bits per heavy atom. The van der Waals surface area contributed by atoms with Crippen LogP contribution in [0.25, 0.3) is 0 Å². The Labute approximate surface area is 262 Å². The maximum absolute atomic E-state index is 11.7. The summed E-state index contributed by atoms with van der Waals surface area (Å²) in [6.07, 6.45) is 12.2. The smallest absolute Gasteiger partial charge is 0.338 e. The number of carboxylic acid groups (broad SMARTS) is 1. The summed E-state index contributed by atoms with van der Waals surface area (Å²) in [6.45, 7) is 15.1. The van der Waals surface area contributed by atoms with Crippen molar-refractivity contribution < 1.29 is 39.1 Å². The Morgan fingerprint density at radius 1 is 0.682 bits per heavy atom. The van der Waals surface area contributed by atoms with Gasteiger partial charge in [0.2, 0.25) is 0 Å². The van der Waals surface area contributed by atoms with Gasteiger partial charge >= 0.3 is 11.9 Å². The normalized spacial score (nSPS) is 11.1.